The quantitative estimate of drug-likeness (QED) is 0.365. The van der Waals surface area contributed by atoms with Crippen LogP contribution in [-0.2, 0) is 4.79 Å². The number of carbonyl (C=O) groups is 1. The van der Waals surface area contributed by atoms with Crippen molar-refractivity contribution in [3.63, 3.8) is 0 Å². The Kier molecular flexibility index (Phi) is 8.61. The standard InChI is InChI=1S/C23H29FN6O/c1-2-12-26-21-17(8-4-3-5-13-27-22(31)20-11-7-14-25-20)16-28-23(30-21)29-19-10-6-9-18(24)15-19/h6,9-10,15-16,20,25H,2-3,5,7,11-14H2,1H3,(H,27,31)(H2,26,28,29,30)/t20-/m0/s1. The van der Waals surface area contributed by atoms with E-state index in [0.717, 1.165) is 38.8 Å². The maximum atomic E-state index is 13.4. The van der Waals surface area contributed by atoms with Gasteiger partial charge in [0.15, 0.2) is 0 Å². The van der Waals surface area contributed by atoms with Crippen LogP contribution in [0, 0.1) is 17.7 Å². The third-order valence-corrected chi connectivity index (χ3v) is 4.79. The van der Waals surface area contributed by atoms with E-state index in [4.69, 9.17) is 0 Å². The van der Waals surface area contributed by atoms with Crippen molar-refractivity contribution in [2.75, 3.05) is 30.3 Å². The zero-order valence-electron chi connectivity index (χ0n) is 17.8. The van der Waals surface area contributed by atoms with Gasteiger partial charge in [-0.2, -0.15) is 4.98 Å². The molecule has 3 rings (SSSR count). The molecule has 1 amide bonds. The van der Waals surface area contributed by atoms with Crippen molar-refractivity contribution in [1.82, 2.24) is 20.6 Å². The second-order valence-corrected chi connectivity index (χ2v) is 7.36. The Morgan fingerprint density at radius 1 is 1.35 bits per heavy atom. The first-order chi connectivity index (χ1) is 15.2. The highest BCUT2D eigenvalue weighted by molar-refractivity contribution is 5.81. The average Bonchev–Trinajstić information content (AvgIpc) is 3.30. The Bertz CT molecular complexity index is 933. The van der Waals surface area contributed by atoms with Crippen molar-refractivity contribution >= 4 is 23.4 Å². The van der Waals surface area contributed by atoms with Crippen molar-refractivity contribution in [3.8, 4) is 11.8 Å². The summed E-state index contributed by atoms with van der Waals surface area (Å²) in [7, 11) is 0. The minimum absolute atomic E-state index is 0.0464. The summed E-state index contributed by atoms with van der Waals surface area (Å²) in [6.07, 6.45) is 6.00. The van der Waals surface area contributed by atoms with Gasteiger partial charge in [0, 0.05) is 25.2 Å². The highest BCUT2D eigenvalue weighted by Gasteiger charge is 2.20. The molecule has 1 aromatic carbocycles. The van der Waals surface area contributed by atoms with Crippen LogP contribution >= 0.6 is 0 Å². The zero-order chi connectivity index (χ0) is 21.9. The predicted octanol–water partition coefficient (Wildman–Crippen LogP) is 3.18. The van der Waals surface area contributed by atoms with Gasteiger partial charge in [-0.3, -0.25) is 4.79 Å². The van der Waals surface area contributed by atoms with Crippen LogP contribution in [0.1, 0.15) is 44.6 Å². The second-order valence-electron chi connectivity index (χ2n) is 7.36. The van der Waals surface area contributed by atoms with Crippen LogP contribution in [0.25, 0.3) is 0 Å². The Hall–Kier alpha value is -3.18. The van der Waals surface area contributed by atoms with Crippen LogP contribution in [0.15, 0.2) is 30.5 Å². The largest absolute Gasteiger partial charge is 0.369 e. The Labute approximate surface area is 182 Å². The predicted molar refractivity (Wildman–Crippen MR) is 121 cm³/mol. The van der Waals surface area contributed by atoms with Gasteiger partial charge < -0.3 is 21.3 Å². The molecule has 0 spiro atoms. The second kappa shape index (κ2) is 11.9. The Balaban J connectivity index is 1.55. The number of aromatic nitrogens is 2. The lowest BCUT2D eigenvalue weighted by Gasteiger charge is -2.10. The van der Waals surface area contributed by atoms with E-state index in [1.807, 2.05) is 0 Å². The molecule has 7 nitrogen and oxygen atoms in total. The topological polar surface area (TPSA) is 91.0 Å². The number of halogens is 1. The fraction of sp³-hybridized carbons (Fsp3) is 0.435. The van der Waals surface area contributed by atoms with E-state index in [0.29, 0.717) is 36.0 Å². The molecule has 1 saturated heterocycles. The summed E-state index contributed by atoms with van der Waals surface area (Å²) < 4.78 is 13.4. The van der Waals surface area contributed by atoms with Gasteiger partial charge in [-0.25, -0.2) is 9.37 Å². The van der Waals surface area contributed by atoms with E-state index in [2.05, 4.69) is 50.0 Å². The molecular weight excluding hydrogens is 395 g/mol. The van der Waals surface area contributed by atoms with Gasteiger partial charge >= 0.3 is 0 Å². The molecule has 0 unspecified atom stereocenters. The molecule has 0 bridgehead atoms. The molecule has 31 heavy (non-hydrogen) atoms. The van der Waals surface area contributed by atoms with Crippen LogP contribution in [0.5, 0.6) is 0 Å². The Morgan fingerprint density at radius 2 is 2.26 bits per heavy atom. The van der Waals surface area contributed by atoms with E-state index < -0.39 is 0 Å². The number of anilines is 3. The third-order valence-electron chi connectivity index (χ3n) is 4.79. The van der Waals surface area contributed by atoms with Crippen molar-refractivity contribution in [2.24, 2.45) is 0 Å². The number of carbonyl (C=O) groups excluding carboxylic acids is 1. The summed E-state index contributed by atoms with van der Waals surface area (Å²) in [5.74, 6) is 7.01. The number of unbranched alkanes of at least 4 members (excludes halogenated alkanes) is 1. The molecule has 1 fully saturated rings. The van der Waals surface area contributed by atoms with E-state index in [1.54, 1.807) is 18.3 Å². The average molecular weight is 425 g/mol. The van der Waals surface area contributed by atoms with Gasteiger partial charge in [0.25, 0.3) is 0 Å². The smallest absolute Gasteiger partial charge is 0.237 e. The highest BCUT2D eigenvalue weighted by Crippen LogP contribution is 2.18. The minimum atomic E-state index is -0.326. The SMILES string of the molecule is CCCNc1nc(Nc2cccc(F)c2)ncc1C#CCCCNC(=O)[C@@H]1CCCN1. The van der Waals surface area contributed by atoms with Crippen LogP contribution in [0.3, 0.4) is 0 Å². The first-order valence-electron chi connectivity index (χ1n) is 10.8. The summed E-state index contributed by atoms with van der Waals surface area (Å²) >= 11 is 0. The fourth-order valence-electron chi connectivity index (χ4n) is 3.18. The summed E-state index contributed by atoms with van der Waals surface area (Å²) in [6, 6.07) is 6.10. The van der Waals surface area contributed by atoms with Crippen LogP contribution < -0.4 is 21.3 Å². The zero-order valence-corrected chi connectivity index (χ0v) is 17.8. The fourth-order valence-corrected chi connectivity index (χ4v) is 3.18. The normalized spacial score (nSPS) is 15.1. The lowest BCUT2D eigenvalue weighted by atomic mass is 10.2. The number of benzene rings is 1. The van der Waals surface area contributed by atoms with E-state index in [9.17, 15) is 9.18 Å². The lowest BCUT2D eigenvalue weighted by molar-refractivity contribution is -0.122. The summed E-state index contributed by atoms with van der Waals surface area (Å²) in [6.45, 7) is 4.35. The first kappa shape index (κ1) is 22.5. The summed E-state index contributed by atoms with van der Waals surface area (Å²) in [5, 5.41) is 12.4. The van der Waals surface area contributed by atoms with Gasteiger partial charge in [-0.1, -0.05) is 24.8 Å². The molecule has 0 saturated carbocycles. The minimum Gasteiger partial charge on any atom is -0.369 e. The number of nitrogens with zero attached hydrogens (tertiary/aromatic N) is 2. The number of nitrogens with one attached hydrogen (secondary N) is 4. The van der Waals surface area contributed by atoms with Gasteiger partial charge in [0.1, 0.15) is 11.6 Å². The summed E-state index contributed by atoms with van der Waals surface area (Å²) in [4.78, 5) is 20.8. The number of hydrogen-bond acceptors (Lipinski definition) is 6. The van der Waals surface area contributed by atoms with Crippen LogP contribution in [0.2, 0.25) is 0 Å². The Morgan fingerprint density at radius 3 is 3.03 bits per heavy atom. The maximum Gasteiger partial charge on any atom is 0.237 e. The molecule has 8 heteroatoms. The number of rotatable bonds is 9. The van der Waals surface area contributed by atoms with Gasteiger partial charge in [-0.15, -0.1) is 0 Å². The molecule has 164 valence electrons. The van der Waals surface area contributed by atoms with Crippen molar-refractivity contribution in [3.05, 3.63) is 41.8 Å². The molecule has 4 N–H and O–H groups in total. The molecule has 1 aliphatic rings. The van der Waals surface area contributed by atoms with Crippen molar-refractivity contribution in [2.45, 2.75) is 45.1 Å². The first-order valence-corrected chi connectivity index (χ1v) is 10.8. The molecule has 1 aromatic heterocycles. The van der Waals surface area contributed by atoms with Crippen LogP contribution in [-0.4, -0.2) is 41.6 Å². The maximum absolute atomic E-state index is 13.4. The molecule has 2 aromatic rings. The molecular formula is C23H29FN6O. The number of amides is 1. The number of hydrogen-bond donors (Lipinski definition) is 4. The lowest BCUT2D eigenvalue weighted by Crippen LogP contribution is -2.40. The third kappa shape index (κ3) is 7.23. The molecule has 1 atom stereocenters. The van der Waals surface area contributed by atoms with E-state index >= 15 is 0 Å². The van der Waals surface area contributed by atoms with Gasteiger partial charge in [0.2, 0.25) is 11.9 Å². The molecule has 1 aliphatic heterocycles. The summed E-state index contributed by atoms with van der Waals surface area (Å²) in [5.41, 5.74) is 1.28. The van der Waals surface area contributed by atoms with Gasteiger partial charge in [0.05, 0.1) is 17.8 Å². The van der Waals surface area contributed by atoms with E-state index in [-0.39, 0.29) is 17.8 Å². The van der Waals surface area contributed by atoms with Gasteiger partial charge in [-0.05, 0) is 50.4 Å². The molecule has 0 radical (unpaired) electrons. The van der Waals surface area contributed by atoms with Crippen molar-refractivity contribution in [1.29, 1.82) is 0 Å². The van der Waals surface area contributed by atoms with Crippen LogP contribution in [0.4, 0.5) is 21.8 Å². The van der Waals surface area contributed by atoms with E-state index in [1.165, 1.54) is 12.1 Å². The molecule has 0 aliphatic carbocycles. The monoisotopic (exact) mass is 424 g/mol. The highest BCUT2D eigenvalue weighted by atomic mass is 19.1. The van der Waals surface area contributed by atoms with Crippen molar-refractivity contribution < 1.29 is 9.18 Å². The molecule has 2 heterocycles.